The van der Waals surface area contributed by atoms with E-state index < -0.39 is 6.09 Å². The lowest BCUT2D eigenvalue weighted by Crippen LogP contribution is -2.52. The number of hydrogen-bond donors (Lipinski definition) is 3. The number of likely N-dealkylation sites (tertiary alicyclic amines) is 1. The molecule has 2 aromatic carbocycles. The minimum Gasteiger partial charge on any atom is -0.465 e. The Morgan fingerprint density at radius 1 is 1.03 bits per heavy atom. The lowest BCUT2D eigenvalue weighted by Gasteiger charge is -2.44. The van der Waals surface area contributed by atoms with E-state index in [1.165, 1.54) is 11.3 Å². The molecule has 1 aliphatic rings. The van der Waals surface area contributed by atoms with Gasteiger partial charge < -0.3 is 20.6 Å². The fourth-order valence-electron chi connectivity index (χ4n) is 5.02. The minimum atomic E-state index is -0.877. The second-order valence-electron chi connectivity index (χ2n) is 11.0. The van der Waals surface area contributed by atoms with Gasteiger partial charge in [-0.25, -0.2) is 4.79 Å². The highest BCUT2D eigenvalue weighted by atomic mass is 32.1. The van der Waals surface area contributed by atoms with Crippen molar-refractivity contribution in [2.45, 2.75) is 46.6 Å². The Hall–Kier alpha value is -3.65. The van der Waals surface area contributed by atoms with Crippen LogP contribution in [0.25, 0.3) is 11.1 Å². The van der Waals surface area contributed by atoms with Crippen LogP contribution >= 0.6 is 11.3 Å². The number of aryl methyl sites for hydroxylation is 1. The molecule has 7 nitrogen and oxygen atoms in total. The molecule has 1 aliphatic heterocycles. The van der Waals surface area contributed by atoms with Gasteiger partial charge in [0.15, 0.2) is 0 Å². The van der Waals surface area contributed by atoms with Crippen molar-refractivity contribution in [1.29, 1.82) is 0 Å². The summed E-state index contributed by atoms with van der Waals surface area (Å²) >= 11 is 1.48. The van der Waals surface area contributed by atoms with Crippen molar-refractivity contribution in [3.63, 3.8) is 0 Å². The van der Waals surface area contributed by atoms with Crippen molar-refractivity contribution in [3.8, 4) is 11.1 Å². The predicted molar refractivity (Wildman–Crippen MR) is 152 cm³/mol. The van der Waals surface area contributed by atoms with E-state index in [1.807, 2.05) is 60.1 Å². The summed E-state index contributed by atoms with van der Waals surface area (Å²) in [6, 6.07) is 15.0. The Bertz CT molecular complexity index is 1300. The van der Waals surface area contributed by atoms with Crippen LogP contribution in [0.2, 0.25) is 0 Å². The van der Waals surface area contributed by atoms with E-state index in [-0.39, 0.29) is 29.2 Å². The molecule has 4 rings (SSSR count). The van der Waals surface area contributed by atoms with Gasteiger partial charge in [-0.1, -0.05) is 39.0 Å². The van der Waals surface area contributed by atoms with E-state index in [1.54, 1.807) is 11.0 Å². The molecule has 38 heavy (non-hydrogen) atoms. The van der Waals surface area contributed by atoms with Crippen LogP contribution in [0.5, 0.6) is 0 Å². The quantitative estimate of drug-likeness (QED) is 0.336. The summed E-state index contributed by atoms with van der Waals surface area (Å²) in [6.07, 6.45) is 0.586. The Labute approximate surface area is 227 Å². The zero-order valence-corrected chi connectivity index (χ0v) is 23.1. The maximum absolute atomic E-state index is 12.9. The SMILES string of the molecule is Cc1ccc(NC(=O)c2ccsc2)cc1-c1ccc(C(=O)NCC2CCN(C(=O)O)C(C(C)(C)C)C2)cc1. The summed E-state index contributed by atoms with van der Waals surface area (Å²) in [5, 5.41) is 19.3. The van der Waals surface area contributed by atoms with Crippen molar-refractivity contribution in [2.24, 2.45) is 11.3 Å². The highest BCUT2D eigenvalue weighted by Crippen LogP contribution is 2.34. The van der Waals surface area contributed by atoms with Crippen LogP contribution in [0, 0.1) is 18.3 Å². The molecule has 2 heterocycles. The van der Waals surface area contributed by atoms with Crippen LogP contribution in [0.1, 0.15) is 59.9 Å². The first kappa shape index (κ1) is 27.4. The van der Waals surface area contributed by atoms with Crippen LogP contribution in [-0.2, 0) is 0 Å². The summed E-state index contributed by atoms with van der Waals surface area (Å²) < 4.78 is 0. The molecule has 3 aromatic rings. The second kappa shape index (κ2) is 11.4. The average Bonchev–Trinajstić information content (AvgIpc) is 3.43. The first-order chi connectivity index (χ1) is 18.0. The highest BCUT2D eigenvalue weighted by Gasteiger charge is 2.38. The number of carbonyl (C=O) groups is 3. The molecule has 3 amide bonds. The van der Waals surface area contributed by atoms with Crippen LogP contribution < -0.4 is 10.6 Å². The van der Waals surface area contributed by atoms with Crippen molar-refractivity contribution >= 4 is 34.9 Å². The third kappa shape index (κ3) is 6.42. The van der Waals surface area contributed by atoms with Gasteiger partial charge in [0, 0.05) is 35.8 Å². The zero-order valence-electron chi connectivity index (χ0n) is 22.3. The molecular weight excluding hydrogens is 498 g/mol. The largest absolute Gasteiger partial charge is 0.465 e. The molecule has 0 saturated carbocycles. The van der Waals surface area contributed by atoms with Crippen LogP contribution in [0.4, 0.5) is 10.5 Å². The van der Waals surface area contributed by atoms with E-state index >= 15 is 0 Å². The zero-order chi connectivity index (χ0) is 27.4. The number of nitrogens with one attached hydrogen (secondary N) is 2. The second-order valence-corrected chi connectivity index (χ2v) is 11.8. The molecular formula is C30H35N3O4S. The van der Waals surface area contributed by atoms with Crippen molar-refractivity contribution in [3.05, 3.63) is 76.0 Å². The smallest absolute Gasteiger partial charge is 0.407 e. The number of thiophene rings is 1. The standard InChI is InChI=1S/C30H35N3O4S/c1-19-5-10-24(32-28(35)23-12-14-38-18-23)16-25(19)21-6-8-22(9-7-21)27(34)31-17-20-11-13-33(29(36)37)26(15-20)30(2,3)4/h5-10,12,14,16,18,20,26H,11,13,15,17H2,1-4H3,(H,31,34)(H,32,35)(H,36,37). The number of carboxylic acid groups (broad SMARTS) is 1. The van der Waals surface area contributed by atoms with Gasteiger partial charge in [0.1, 0.15) is 0 Å². The summed E-state index contributed by atoms with van der Waals surface area (Å²) in [5.41, 5.74) is 4.76. The maximum Gasteiger partial charge on any atom is 0.407 e. The Kier molecular flexibility index (Phi) is 8.21. The molecule has 0 spiro atoms. The maximum atomic E-state index is 12.9. The number of carbonyl (C=O) groups excluding carboxylic acids is 2. The van der Waals surface area contributed by atoms with E-state index in [0.717, 1.165) is 29.5 Å². The van der Waals surface area contributed by atoms with Gasteiger partial charge in [-0.3, -0.25) is 9.59 Å². The van der Waals surface area contributed by atoms with Gasteiger partial charge in [-0.05, 0) is 83.5 Å². The topological polar surface area (TPSA) is 98.7 Å². The van der Waals surface area contributed by atoms with Crippen molar-refractivity contribution in [2.75, 3.05) is 18.4 Å². The van der Waals surface area contributed by atoms with Gasteiger partial charge in [0.25, 0.3) is 11.8 Å². The molecule has 1 saturated heterocycles. The van der Waals surface area contributed by atoms with Gasteiger partial charge in [0.05, 0.1) is 5.56 Å². The monoisotopic (exact) mass is 533 g/mol. The Morgan fingerprint density at radius 3 is 2.39 bits per heavy atom. The lowest BCUT2D eigenvalue weighted by molar-refractivity contribution is 0.0402. The summed E-state index contributed by atoms with van der Waals surface area (Å²) in [7, 11) is 0. The predicted octanol–water partition coefficient (Wildman–Crippen LogP) is 6.51. The summed E-state index contributed by atoms with van der Waals surface area (Å²) in [5.74, 6) is -0.0544. The molecule has 0 bridgehead atoms. The van der Waals surface area contributed by atoms with Crippen LogP contribution in [0.15, 0.2) is 59.3 Å². The average molecular weight is 534 g/mol. The summed E-state index contributed by atoms with van der Waals surface area (Å²) in [6.45, 7) is 9.20. The number of amides is 3. The first-order valence-electron chi connectivity index (χ1n) is 12.9. The third-order valence-corrected chi connectivity index (χ3v) is 7.93. The molecule has 1 aromatic heterocycles. The van der Waals surface area contributed by atoms with Crippen LogP contribution in [-0.4, -0.2) is 47.0 Å². The van der Waals surface area contributed by atoms with Gasteiger partial charge >= 0.3 is 6.09 Å². The Morgan fingerprint density at radius 2 is 1.76 bits per heavy atom. The van der Waals surface area contributed by atoms with E-state index in [4.69, 9.17) is 0 Å². The molecule has 3 N–H and O–H groups in total. The molecule has 0 aliphatic carbocycles. The molecule has 8 heteroatoms. The van der Waals surface area contributed by atoms with E-state index in [0.29, 0.717) is 29.9 Å². The van der Waals surface area contributed by atoms with Crippen molar-refractivity contribution < 1.29 is 19.5 Å². The summed E-state index contributed by atoms with van der Waals surface area (Å²) in [4.78, 5) is 38.5. The fourth-order valence-corrected chi connectivity index (χ4v) is 5.66. The molecule has 0 radical (unpaired) electrons. The normalized spacial score (nSPS) is 17.6. The number of nitrogens with zero attached hydrogens (tertiary/aromatic N) is 1. The van der Waals surface area contributed by atoms with Crippen molar-refractivity contribution in [1.82, 2.24) is 10.2 Å². The molecule has 200 valence electrons. The minimum absolute atomic E-state index is 0.0797. The molecule has 1 fully saturated rings. The number of benzene rings is 2. The Balaban J connectivity index is 1.38. The van der Waals surface area contributed by atoms with Gasteiger partial charge in [-0.15, -0.1) is 0 Å². The highest BCUT2D eigenvalue weighted by molar-refractivity contribution is 7.08. The van der Waals surface area contributed by atoms with E-state index in [9.17, 15) is 19.5 Å². The fraction of sp³-hybridized carbons (Fsp3) is 0.367. The van der Waals surface area contributed by atoms with Gasteiger partial charge in [0.2, 0.25) is 0 Å². The van der Waals surface area contributed by atoms with E-state index in [2.05, 4.69) is 31.4 Å². The van der Waals surface area contributed by atoms with Gasteiger partial charge in [-0.2, -0.15) is 11.3 Å². The number of hydrogen-bond acceptors (Lipinski definition) is 4. The number of anilines is 1. The first-order valence-corrected chi connectivity index (χ1v) is 13.8. The lowest BCUT2D eigenvalue weighted by atomic mass is 9.77. The van der Waals surface area contributed by atoms with Crippen LogP contribution in [0.3, 0.4) is 0 Å². The number of piperidine rings is 1. The molecule has 2 unspecified atom stereocenters. The third-order valence-electron chi connectivity index (χ3n) is 7.24. The molecule has 2 atom stereocenters. The number of rotatable bonds is 6.